The van der Waals surface area contributed by atoms with Crippen LogP contribution in [0.4, 0.5) is 13.2 Å². The number of hydrogen-bond acceptors (Lipinski definition) is 5. The molecule has 2 unspecified atom stereocenters. The van der Waals surface area contributed by atoms with Gasteiger partial charge in [-0.1, -0.05) is 56.3 Å². The topological polar surface area (TPSA) is 91.2 Å². The van der Waals surface area contributed by atoms with E-state index in [0.29, 0.717) is 16.7 Å². The summed E-state index contributed by atoms with van der Waals surface area (Å²) in [6.07, 6.45) is -4.51. The number of alkyl halides is 3. The molecule has 9 heteroatoms. The van der Waals surface area contributed by atoms with Crippen LogP contribution in [0.3, 0.4) is 0 Å². The lowest BCUT2D eigenvalue weighted by molar-refractivity contribution is -0.161. The first-order chi connectivity index (χ1) is 15.6. The summed E-state index contributed by atoms with van der Waals surface area (Å²) in [5.74, 6) is -1.27. The van der Waals surface area contributed by atoms with Crippen molar-refractivity contribution in [1.82, 2.24) is 10.6 Å². The largest absolute Gasteiger partial charge is 0.465 e. The van der Waals surface area contributed by atoms with E-state index in [1.165, 1.54) is 31.4 Å². The zero-order valence-corrected chi connectivity index (χ0v) is 18.6. The van der Waals surface area contributed by atoms with Gasteiger partial charge in [0.05, 0.1) is 24.8 Å². The zero-order valence-electron chi connectivity index (χ0n) is 18.6. The molecule has 0 aliphatic rings. The summed E-state index contributed by atoms with van der Waals surface area (Å²) in [6.45, 7) is 3.30. The molecule has 0 aliphatic carbocycles. The van der Waals surface area contributed by atoms with Crippen LogP contribution in [-0.4, -0.2) is 37.7 Å². The van der Waals surface area contributed by atoms with Gasteiger partial charge in [0, 0.05) is 0 Å². The molecule has 0 radical (unpaired) electrons. The lowest BCUT2D eigenvalue weighted by atomic mass is 9.96. The standard InChI is InChI=1S/C24H26F3N3O3/c1-15(2)14-20(22(31)29-13-12-28)30-21(24(25,26)27)17-10-8-16(9-11-17)18-6-4-5-7-19(18)23(32)33-3/h4-11,15,20-21,30H,13-14H2,1-3H3,(H,29,31). The Morgan fingerprint density at radius 3 is 2.27 bits per heavy atom. The molecule has 2 atom stereocenters. The maximum atomic E-state index is 14.0. The Labute approximate surface area is 190 Å². The molecular formula is C24H26F3N3O3. The average Bonchev–Trinajstić information content (AvgIpc) is 2.78. The van der Waals surface area contributed by atoms with Crippen LogP contribution >= 0.6 is 0 Å². The number of esters is 1. The SMILES string of the molecule is COC(=O)c1ccccc1-c1ccc(C(NC(CC(C)C)C(=O)NCC#N)C(F)(F)F)cc1. The molecule has 176 valence electrons. The molecule has 0 heterocycles. The van der Waals surface area contributed by atoms with E-state index in [2.05, 4.69) is 10.6 Å². The maximum Gasteiger partial charge on any atom is 0.407 e. The van der Waals surface area contributed by atoms with E-state index >= 15 is 0 Å². The molecule has 0 bridgehead atoms. The number of rotatable bonds is 9. The molecule has 33 heavy (non-hydrogen) atoms. The normalized spacial score (nSPS) is 13.2. The van der Waals surface area contributed by atoms with Gasteiger partial charge in [0.2, 0.25) is 5.91 Å². The second-order valence-electron chi connectivity index (χ2n) is 7.86. The van der Waals surface area contributed by atoms with Crippen LogP contribution in [0.25, 0.3) is 11.1 Å². The molecule has 2 aromatic rings. The summed E-state index contributed by atoms with van der Waals surface area (Å²) < 4.78 is 46.6. The van der Waals surface area contributed by atoms with E-state index in [4.69, 9.17) is 10.00 Å². The number of amides is 1. The van der Waals surface area contributed by atoms with Crippen LogP contribution in [0.1, 0.15) is 42.2 Å². The van der Waals surface area contributed by atoms with E-state index in [0.717, 1.165) is 0 Å². The maximum absolute atomic E-state index is 14.0. The van der Waals surface area contributed by atoms with E-state index in [9.17, 15) is 22.8 Å². The molecule has 2 rings (SSSR count). The molecule has 2 aromatic carbocycles. The minimum absolute atomic E-state index is 0.0542. The van der Waals surface area contributed by atoms with Crippen molar-refractivity contribution in [2.45, 2.75) is 38.5 Å². The number of carbonyl (C=O) groups excluding carboxylic acids is 2. The predicted octanol–water partition coefficient (Wildman–Crippen LogP) is 4.39. The van der Waals surface area contributed by atoms with Crippen LogP contribution in [0.15, 0.2) is 48.5 Å². The van der Waals surface area contributed by atoms with Gasteiger partial charge in [0.25, 0.3) is 0 Å². The minimum Gasteiger partial charge on any atom is -0.465 e. The van der Waals surface area contributed by atoms with Gasteiger partial charge in [-0.3, -0.25) is 10.1 Å². The van der Waals surface area contributed by atoms with Gasteiger partial charge >= 0.3 is 12.1 Å². The number of nitrogens with one attached hydrogen (secondary N) is 2. The fourth-order valence-electron chi connectivity index (χ4n) is 3.43. The molecule has 0 spiro atoms. The lowest BCUT2D eigenvalue weighted by Crippen LogP contribution is -2.49. The van der Waals surface area contributed by atoms with Crippen LogP contribution in [0.5, 0.6) is 0 Å². The molecule has 0 fully saturated rings. The number of ether oxygens (including phenoxy) is 1. The van der Waals surface area contributed by atoms with Gasteiger partial charge in [-0.15, -0.1) is 0 Å². The zero-order chi connectivity index (χ0) is 24.6. The Hall–Kier alpha value is -3.38. The third-order valence-corrected chi connectivity index (χ3v) is 4.95. The van der Waals surface area contributed by atoms with Gasteiger partial charge in [-0.25, -0.2) is 4.79 Å². The molecule has 1 amide bonds. The van der Waals surface area contributed by atoms with Gasteiger partial charge in [-0.05, 0) is 35.1 Å². The van der Waals surface area contributed by atoms with Crippen LogP contribution in [0, 0.1) is 17.2 Å². The Bertz CT molecular complexity index is 998. The Kier molecular flexibility index (Phi) is 9.00. The first kappa shape index (κ1) is 25.9. The monoisotopic (exact) mass is 461 g/mol. The Balaban J connectivity index is 2.37. The fraction of sp³-hybridized carbons (Fsp3) is 0.375. The van der Waals surface area contributed by atoms with Crippen molar-refractivity contribution in [3.05, 3.63) is 59.7 Å². The smallest absolute Gasteiger partial charge is 0.407 e. The number of carbonyl (C=O) groups is 2. The summed E-state index contributed by atoms with van der Waals surface area (Å²) in [5.41, 5.74) is 1.29. The highest BCUT2D eigenvalue weighted by molar-refractivity contribution is 5.97. The summed E-state index contributed by atoms with van der Waals surface area (Å²) in [4.78, 5) is 24.4. The number of methoxy groups -OCH3 is 1. The van der Waals surface area contributed by atoms with Gasteiger partial charge in [-0.2, -0.15) is 18.4 Å². The minimum atomic E-state index is -4.67. The van der Waals surface area contributed by atoms with Crippen molar-refractivity contribution in [2.75, 3.05) is 13.7 Å². The van der Waals surface area contributed by atoms with E-state index in [-0.39, 0.29) is 24.4 Å². The molecular weight excluding hydrogens is 435 g/mol. The first-order valence-corrected chi connectivity index (χ1v) is 10.3. The number of nitriles is 1. The Morgan fingerprint density at radius 1 is 1.09 bits per heavy atom. The molecule has 0 aromatic heterocycles. The number of halogens is 3. The molecule has 2 N–H and O–H groups in total. The van der Waals surface area contributed by atoms with Crippen molar-refractivity contribution in [3.63, 3.8) is 0 Å². The van der Waals surface area contributed by atoms with E-state index in [1.807, 2.05) is 0 Å². The van der Waals surface area contributed by atoms with Gasteiger partial charge in [0.15, 0.2) is 0 Å². The molecule has 6 nitrogen and oxygen atoms in total. The van der Waals surface area contributed by atoms with Crippen LogP contribution < -0.4 is 10.6 Å². The quantitative estimate of drug-likeness (QED) is 0.427. The van der Waals surface area contributed by atoms with Crippen molar-refractivity contribution in [3.8, 4) is 17.2 Å². The van der Waals surface area contributed by atoms with Crippen molar-refractivity contribution >= 4 is 11.9 Å². The molecule has 0 saturated heterocycles. The summed E-state index contributed by atoms with van der Waals surface area (Å²) in [6, 6.07) is 10.8. The highest BCUT2D eigenvalue weighted by Gasteiger charge is 2.42. The van der Waals surface area contributed by atoms with Crippen molar-refractivity contribution < 1.29 is 27.5 Å². The number of nitrogens with zero attached hydrogens (tertiary/aromatic N) is 1. The van der Waals surface area contributed by atoms with E-state index < -0.39 is 30.1 Å². The summed E-state index contributed by atoms with van der Waals surface area (Å²) >= 11 is 0. The molecule has 0 aliphatic heterocycles. The number of hydrogen-bond donors (Lipinski definition) is 2. The highest BCUT2D eigenvalue weighted by Crippen LogP contribution is 2.35. The summed E-state index contributed by atoms with van der Waals surface area (Å²) in [7, 11) is 1.25. The van der Waals surface area contributed by atoms with Crippen molar-refractivity contribution in [1.29, 1.82) is 5.26 Å². The number of benzene rings is 2. The molecule has 0 saturated carbocycles. The summed E-state index contributed by atoms with van der Waals surface area (Å²) in [5, 5.41) is 13.4. The second-order valence-corrected chi connectivity index (χ2v) is 7.86. The van der Waals surface area contributed by atoms with Crippen LogP contribution in [0.2, 0.25) is 0 Å². The first-order valence-electron chi connectivity index (χ1n) is 10.3. The van der Waals surface area contributed by atoms with E-state index in [1.54, 1.807) is 44.2 Å². The van der Waals surface area contributed by atoms with Gasteiger partial charge < -0.3 is 10.1 Å². The second kappa shape index (κ2) is 11.5. The predicted molar refractivity (Wildman–Crippen MR) is 117 cm³/mol. The Morgan fingerprint density at radius 2 is 1.73 bits per heavy atom. The third kappa shape index (κ3) is 7.05. The van der Waals surface area contributed by atoms with Gasteiger partial charge in [0.1, 0.15) is 12.6 Å². The van der Waals surface area contributed by atoms with Crippen LogP contribution in [-0.2, 0) is 9.53 Å². The highest BCUT2D eigenvalue weighted by atomic mass is 19.4. The average molecular weight is 461 g/mol. The third-order valence-electron chi connectivity index (χ3n) is 4.95. The van der Waals surface area contributed by atoms with Crippen molar-refractivity contribution in [2.24, 2.45) is 5.92 Å². The lowest BCUT2D eigenvalue weighted by Gasteiger charge is -2.28. The fourth-order valence-corrected chi connectivity index (χ4v) is 3.43.